The summed E-state index contributed by atoms with van der Waals surface area (Å²) in [7, 11) is 0. The largest absolute Gasteiger partial charge is 0.341 e. The summed E-state index contributed by atoms with van der Waals surface area (Å²) in [4.78, 5) is 18.4. The van der Waals surface area contributed by atoms with Crippen LogP contribution in [0.1, 0.15) is 50.5 Å². The summed E-state index contributed by atoms with van der Waals surface area (Å²) in [5, 5.41) is 0. The predicted octanol–water partition coefficient (Wildman–Crippen LogP) is 3.94. The first-order valence-corrected chi connectivity index (χ1v) is 10.8. The minimum Gasteiger partial charge on any atom is -0.341 e. The molecule has 0 N–H and O–H groups in total. The number of amides is 1. The van der Waals surface area contributed by atoms with E-state index in [9.17, 15) is 4.79 Å². The Morgan fingerprint density at radius 1 is 0.885 bits per heavy atom. The lowest BCUT2D eigenvalue weighted by Crippen LogP contribution is -2.55. The van der Waals surface area contributed by atoms with Crippen LogP contribution in [0.4, 0.5) is 0 Å². The molecule has 0 radical (unpaired) electrons. The number of carbonyl (C=O) groups is 1. The van der Waals surface area contributed by atoms with Crippen molar-refractivity contribution in [3.8, 4) is 0 Å². The Labute approximate surface area is 157 Å². The maximum absolute atomic E-state index is 13.6. The fraction of sp³-hybridized carbons (Fsp3) is 0.696. The number of hydrogen-bond acceptors (Lipinski definition) is 2. The van der Waals surface area contributed by atoms with Gasteiger partial charge in [-0.05, 0) is 68.3 Å². The Kier molecular flexibility index (Phi) is 4.31. The van der Waals surface area contributed by atoms with Gasteiger partial charge in [-0.15, -0.1) is 0 Å². The van der Waals surface area contributed by atoms with Crippen molar-refractivity contribution < 1.29 is 4.79 Å². The molecule has 1 heterocycles. The number of carbonyl (C=O) groups excluding carboxylic acids is 1. The summed E-state index contributed by atoms with van der Waals surface area (Å²) in [6.07, 6.45) is 8.95. The highest BCUT2D eigenvalue weighted by molar-refractivity contribution is 5.83. The molecule has 26 heavy (non-hydrogen) atoms. The summed E-state index contributed by atoms with van der Waals surface area (Å²) < 4.78 is 0. The van der Waals surface area contributed by atoms with E-state index in [1.807, 2.05) is 0 Å². The molecule has 0 aromatic heterocycles. The lowest BCUT2D eigenvalue weighted by molar-refractivity contribution is -0.157. The second-order valence-electron chi connectivity index (χ2n) is 9.61. The number of benzene rings is 1. The average Bonchev–Trinajstić information content (AvgIpc) is 2.86. The third kappa shape index (κ3) is 3.09. The summed E-state index contributed by atoms with van der Waals surface area (Å²) in [6.45, 7) is 5.03. The zero-order valence-corrected chi connectivity index (χ0v) is 15.9. The summed E-state index contributed by atoms with van der Waals surface area (Å²) in [6, 6.07) is 10.7. The van der Waals surface area contributed by atoms with E-state index < -0.39 is 0 Å². The summed E-state index contributed by atoms with van der Waals surface area (Å²) >= 11 is 0. The molecular formula is C23H32N2O. The Bertz CT molecular complexity index is 620. The van der Waals surface area contributed by atoms with Crippen LogP contribution in [-0.2, 0) is 11.3 Å². The fourth-order valence-electron chi connectivity index (χ4n) is 6.88. The van der Waals surface area contributed by atoms with E-state index in [0.717, 1.165) is 56.9 Å². The highest BCUT2D eigenvalue weighted by Gasteiger charge is 2.55. The van der Waals surface area contributed by atoms with Crippen molar-refractivity contribution in [2.75, 3.05) is 26.2 Å². The summed E-state index contributed by atoms with van der Waals surface area (Å²) in [5.74, 6) is 3.09. The fourth-order valence-corrected chi connectivity index (χ4v) is 6.88. The van der Waals surface area contributed by atoms with Gasteiger partial charge in [0.05, 0.1) is 5.41 Å². The highest BCUT2D eigenvalue weighted by Crippen LogP contribution is 2.60. The molecule has 1 aromatic rings. The zero-order chi connectivity index (χ0) is 17.6. The van der Waals surface area contributed by atoms with E-state index in [2.05, 4.69) is 40.1 Å². The maximum atomic E-state index is 13.6. The first-order valence-electron chi connectivity index (χ1n) is 10.8. The average molecular weight is 353 g/mol. The Hall–Kier alpha value is -1.35. The van der Waals surface area contributed by atoms with Crippen molar-refractivity contribution in [2.45, 2.75) is 51.5 Å². The van der Waals surface area contributed by atoms with Gasteiger partial charge < -0.3 is 4.90 Å². The van der Waals surface area contributed by atoms with Gasteiger partial charge in [-0.3, -0.25) is 9.69 Å². The van der Waals surface area contributed by atoms with Crippen molar-refractivity contribution in [1.29, 1.82) is 0 Å². The van der Waals surface area contributed by atoms with Gasteiger partial charge in [-0.25, -0.2) is 0 Å². The van der Waals surface area contributed by atoms with Gasteiger partial charge >= 0.3 is 0 Å². The van der Waals surface area contributed by atoms with Gasteiger partial charge in [0.1, 0.15) is 0 Å². The van der Waals surface area contributed by atoms with Crippen LogP contribution >= 0.6 is 0 Å². The standard InChI is InChI=1S/C23H32N2O/c26-22(23-14-19-11-20(15-23)13-21(12-19)16-23)25-8-4-7-24(9-10-25)17-18-5-2-1-3-6-18/h1-3,5-6,19-21H,4,7-17H2. The van der Waals surface area contributed by atoms with E-state index >= 15 is 0 Å². The third-order valence-electron chi connectivity index (χ3n) is 7.62. The van der Waals surface area contributed by atoms with Gasteiger partial charge in [0, 0.05) is 32.7 Å². The molecule has 3 nitrogen and oxygen atoms in total. The molecule has 6 rings (SSSR count). The quantitative estimate of drug-likeness (QED) is 0.823. The van der Waals surface area contributed by atoms with Crippen molar-refractivity contribution >= 4 is 5.91 Å². The van der Waals surface area contributed by atoms with Crippen molar-refractivity contribution in [3.63, 3.8) is 0 Å². The Balaban J connectivity index is 1.24. The van der Waals surface area contributed by atoms with Crippen LogP contribution < -0.4 is 0 Å². The first kappa shape index (κ1) is 16.8. The van der Waals surface area contributed by atoms with Crippen LogP contribution in [0.2, 0.25) is 0 Å². The molecule has 4 saturated carbocycles. The van der Waals surface area contributed by atoms with Crippen LogP contribution in [0, 0.1) is 23.2 Å². The molecule has 0 unspecified atom stereocenters. The molecule has 4 bridgehead atoms. The smallest absolute Gasteiger partial charge is 0.228 e. The topological polar surface area (TPSA) is 23.6 Å². The minimum atomic E-state index is 0.0311. The van der Waals surface area contributed by atoms with E-state index in [4.69, 9.17) is 0 Å². The molecule has 3 heteroatoms. The first-order chi connectivity index (χ1) is 12.7. The summed E-state index contributed by atoms with van der Waals surface area (Å²) in [5.41, 5.74) is 1.41. The van der Waals surface area contributed by atoms with Crippen LogP contribution in [0.3, 0.4) is 0 Å². The third-order valence-corrected chi connectivity index (χ3v) is 7.62. The van der Waals surface area contributed by atoms with Crippen LogP contribution in [0.25, 0.3) is 0 Å². The minimum absolute atomic E-state index is 0.0311. The van der Waals surface area contributed by atoms with Crippen molar-refractivity contribution in [3.05, 3.63) is 35.9 Å². The van der Waals surface area contributed by atoms with Gasteiger partial charge in [0.15, 0.2) is 0 Å². The monoisotopic (exact) mass is 352 g/mol. The van der Waals surface area contributed by atoms with Crippen LogP contribution in [0.15, 0.2) is 30.3 Å². The predicted molar refractivity (Wildman–Crippen MR) is 104 cm³/mol. The van der Waals surface area contributed by atoms with Crippen LogP contribution in [0.5, 0.6) is 0 Å². The Morgan fingerprint density at radius 3 is 2.19 bits per heavy atom. The van der Waals surface area contributed by atoms with Gasteiger partial charge in [-0.1, -0.05) is 30.3 Å². The molecule has 1 amide bonds. The van der Waals surface area contributed by atoms with Crippen LogP contribution in [-0.4, -0.2) is 41.9 Å². The second kappa shape index (κ2) is 6.67. The van der Waals surface area contributed by atoms with E-state index in [1.165, 1.54) is 44.1 Å². The molecule has 1 aromatic carbocycles. The molecule has 140 valence electrons. The molecule has 5 fully saturated rings. The lowest BCUT2D eigenvalue weighted by atomic mass is 9.49. The van der Waals surface area contributed by atoms with E-state index in [-0.39, 0.29) is 5.41 Å². The van der Waals surface area contributed by atoms with Gasteiger partial charge in [0.25, 0.3) is 0 Å². The van der Waals surface area contributed by atoms with Crippen molar-refractivity contribution in [2.24, 2.45) is 23.2 Å². The Morgan fingerprint density at radius 2 is 1.54 bits per heavy atom. The molecule has 1 saturated heterocycles. The highest BCUT2D eigenvalue weighted by atomic mass is 16.2. The molecule has 0 spiro atoms. The maximum Gasteiger partial charge on any atom is 0.228 e. The van der Waals surface area contributed by atoms with E-state index in [0.29, 0.717) is 5.91 Å². The van der Waals surface area contributed by atoms with E-state index in [1.54, 1.807) is 0 Å². The van der Waals surface area contributed by atoms with Gasteiger partial charge in [-0.2, -0.15) is 0 Å². The molecule has 5 aliphatic rings. The molecule has 4 aliphatic carbocycles. The number of rotatable bonds is 3. The zero-order valence-electron chi connectivity index (χ0n) is 15.9. The molecule has 0 atom stereocenters. The number of nitrogens with zero attached hydrogens (tertiary/aromatic N) is 2. The second-order valence-corrected chi connectivity index (χ2v) is 9.61. The normalized spacial score (nSPS) is 36.9. The van der Waals surface area contributed by atoms with Crippen molar-refractivity contribution in [1.82, 2.24) is 9.80 Å². The number of hydrogen-bond donors (Lipinski definition) is 0. The SMILES string of the molecule is O=C(N1CCCN(Cc2ccccc2)CC1)C12CC3CC(CC(C3)C1)C2. The van der Waals surface area contributed by atoms with Gasteiger partial charge in [0.2, 0.25) is 5.91 Å². The molecule has 1 aliphatic heterocycles. The molecular weight excluding hydrogens is 320 g/mol. The lowest BCUT2D eigenvalue weighted by Gasteiger charge is -2.56.